The zero-order valence-electron chi connectivity index (χ0n) is 13.9. The number of hydrogen-bond acceptors (Lipinski definition) is 7. The smallest absolute Gasteiger partial charge is 0.231 e. The molecule has 1 amide bonds. The summed E-state index contributed by atoms with van der Waals surface area (Å²) in [5, 5.41) is 15.0. The van der Waals surface area contributed by atoms with Crippen LogP contribution in [0.1, 0.15) is 24.3 Å². The van der Waals surface area contributed by atoms with Gasteiger partial charge in [0.15, 0.2) is 4.34 Å². The topological polar surface area (TPSA) is 80.0 Å². The van der Waals surface area contributed by atoms with Crippen LogP contribution < -0.4 is 10.6 Å². The molecule has 2 aromatic heterocycles. The average Bonchev–Trinajstić information content (AvgIpc) is 3.25. The monoisotopic (exact) mass is 374 g/mol. The number of nitrogens with zero attached hydrogens (tertiary/aromatic N) is 2. The summed E-state index contributed by atoms with van der Waals surface area (Å²) in [5.74, 6) is 0.945. The van der Waals surface area contributed by atoms with E-state index in [1.54, 1.807) is 12.3 Å². The molecular weight excluding hydrogens is 356 g/mol. The maximum Gasteiger partial charge on any atom is 0.231 e. The van der Waals surface area contributed by atoms with Crippen molar-refractivity contribution >= 4 is 39.8 Å². The van der Waals surface area contributed by atoms with Crippen LogP contribution >= 0.6 is 23.1 Å². The molecule has 0 radical (unpaired) electrons. The van der Waals surface area contributed by atoms with E-state index in [0.29, 0.717) is 5.13 Å². The Bertz CT molecular complexity index is 833. The highest BCUT2D eigenvalue weighted by molar-refractivity contribution is 8.01. The first-order valence-corrected chi connectivity index (χ1v) is 9.53. The van der Waals surface area contributed by atoms with Gasteiger partial charge in [-0.15, -0.1) is 10.2 Å². The van der Waals surface area contributed by atoms with Gasteiger partial charge in [0.25, 0.3) is 0 Å². The molecule has 0 spiro atoms. The summed E-state index contributed by atoms with van der Waals surface area (Å²) in [4.78, 5) is 12.0. The molecule has 3 aromatic rings. The minimum Gasteiger partial charge on any atom is -0.467 e. The Labute approximate surface area is 154 Å². The predicted octanol–water partition coefficient (Wildman–Crippen LogP) is 4.15. The SMILES string of the molecule is Cc1cccc(Nc2nnc(SCC(=O)N[C@H](C)c3ccco3)s2)c1. The summed E-state index contributed by atoms with van der Waals surface area (Å²) >= 11 is 2.79. The number of nitrogens with one attached hydrogen (secondary N) is 2. The second-order valence-corrected chi connectivity index (χ2v) is 7.66. The van der Waals surface area contributed by atoms with Crippen LogP contribution in [0, 0.1) is 6.92 Å². The van der Waals surface area contributed by atoms with Crippen LogP contribution in [0.25, 0.3) is 0 Å². The Hall–Kier alpha value is -2.32. The molecule has 1 atom stereocenters. The van der Waals surface area contributed by atoms with Crippen LogP contribution in [-0.4, -0.2) is 21.9 Å². The van der Waals surface area contributed by atoms with Crippen molar-refractivity contribution in [1.82, 2.24) is 15.5 Å². The van der Waals surface area contributed by atoms with Crippen molar-refractivity contribution in [3.05, 3.63) is 54.0 Å². The summed E-state index contributed by atoms with van der Waals surface area (Å²) in [6.45, 7) is 3.92. The quantitative estimate of drug-likeness (QED) is 0.605. The van der Waals surface area contributed by atoms with Crippen LogP contribution in [0.3, 0.4) is 0 Å². The van der Waals surface area contributed by atoms with Crippen molar-refractivity contribution in [1.29, 1.82) is 0 Å². The Balaban J connectivity index is 1.49. The summed E-state index contributed by atoms with van der Waals surface area (Å²) in [7, 11) is 0. The lowest BCUT2D eigenvalue weighted by atomic mass is 10.2. The largest absolute Gasteiger partial charge is 0.467 e. The number of thioether (sulfide) groups is 1. The van der Waals surface area contributed by atoms with Gasteiger partial charge in [0.05, 0.1) is 18.1 Å². The number of carbonyl (C=O) groups excluding carboxylic acids is 1. The lowest BCUT2D eigenvalue weighted by Crippen LogP contribution is -2.27. The Morgan fingerprint density at radius 1 is 1.32 bits per heavy atom. The summed E-state index contributed by atoms with van der Waals surface area (Å²) in [6.07, 6.45) is 1.59. The van der Waals surface area contributed by atoms with Gasteiger partial charge in [0.2, 0.25) is 11.0 Å². The van der Waals surface area contributed by atoms with Crippen molar-refractivity contribution in [2.45, 2.75) is 24.2 Å². The van der Waals surface area contributed by atoms with E-state index in [1.807, 2.05) is 44.2 Å². The number of anilines is 2. The molecule has 130 valence electrons. The molecule has 2 heterocycles. The average molecular weight is 374 g/mol. The molecule has 0 bridgehead atoms. The van der Waals surface area contributed by atoms with Gasteiger partial charge in [-0.3, -0.25) is 4.79 Å². The molecule has 0 fully saturated rings. The summed E-state index contributed by atoms with van der Waals surface area (Å²) in [6, 6.07) is 11.5. The maximum absolute atomic E-state index is 12.0. The zero-order valence-corrected chi connectivity index (χ0v) is 15.5. The minimum absolute atomic E-state index is 0.0720. The molecule has 0 saturated heterocycles. The summed E-state index contributed by atoms with van der Waals surface area (Å²) in [5.41, 5.74) is 2.14. The third-order valence-electron chi connectivity index (χ3n) is 3.35. The number of aromatic nitrogens is 2. The molecule has 0 aliphatic heterocycles. The van der Waals surface area contributed by atoms with Crippen molar-refractivity contribution < 1.29 is 9.21 Å². The fraction of sp³-hybridized carbons (Fsp3) is 0.235. The van der Waals surface area contributed by atoms with Crippen LogP contribution in [0.15, 0.2) is 51.4 Å². The number of carbonyl (C=O) groups is 1. The molecule has 2 N–H and O–H groups in total. The number of furan rings is 1. The number of rotatable bonds is 7. The highest BCUT2D eigenvalue weighted by Gasteiger charge is 2.13. The van der Waals surface area contributed by atoms with Gasteiger partial charge in [-0.2, -0.15) is 0 Å². The number of benzene rings is 1. The first kappa shape index (κ1) is 17.5. The maximum atomic E-state index is 12.0. The molecule has 3 rings (SSSR count). The van der Waals surface area contributed by atoms with E-state index in [4.69, 9.17) is 4.42 Å². The first-order chi connectivity index (χ1) is 12.1. The third kappa shape index (κ3) is 5.07. The van der Waals surface area contributed by atoms with Crippen molar-refractivity contribution in [2.24, 2.45) is 0 Å². The van der Waals surface area contributed by atoms with Crippen LogP contribution in [0.4, 0.5) is 10.8 Å². The second kappa shape index (κ2) is 8.17. The lowest BCUT2D eigenvalue weighted by Gasteiger charge is -2.10. The number of amides is 1. The van der Waals surface area contributed by atoms with Gasteiger partial charge >= 0.3 is 0 Å². The van der Waals surface area contributed by atoms with Gasteiger partial charge in [-0.05, 0) is 43.7 Å². The van der Waals surface area contributed by atoms with Gasteiger partial charge in [-0.1, -0.05) is 35.2 Å². The van der Waals surface area contributed by atoms with Gasteiger partial charge in [-0.25, -0.2) is 0 Å². The fourth-order valence-electron chi connectivity index (χ4n) is 2.18. The standard InChI is InChI=1S/C17H18N4O2S2/c1-11-5-3-6-13(9-11)19-16-20-21-17(25-16)24-10-15(22)18-12(2)14-7-4-8-23-14/h3-9,12H,10H2,1-2H3,(H,18,22)(H,19,20)/t12-/m1/s1. The number of hydrogen-bond donors (Lipinski definition) is 2. The number of aryl methyl sites for hydroxylation is 1. The van der Waals surface area contributed by atoms with E-state index in [1.165, 1.54) is 28.7 Å². The Morgan fingerprint density at radius 3 is 2.96 bits per heavy atom. The first-order valence-electron chi connectivity index (χ1n) is 7.73. The van der Waals surface area contributed by atoms with E-state index >= 15 is 0 Å². The minimum atomic E-state index is -0.156. The van der Waals surface area contributed by atoms with E-state index in [2.05, 4.69) is 20.8 Å². The molecule has 1 aromatic carbocycles. The van der Waals surface area contributed by atoms with Crippen LogP contribution in [-0.2, 0) is 4.79 Å². The second-order valence-electron chi connectivity index (χ2n) is 5.46. The highest BCUT2D eigenvalue weighted by Crippen LogP contribution is 2.27. The van der Waals surface area contributed by atoms with Gasteiger partial charge < -0.3 is 15.1 Å². The van der Waals surface area contributed by atoms with Crippen LogP contribution in [0.2, 0.25) is 0 Å². The van der Waals surface area contributed by atoms with E-state index < -0.39 is 0 Å². The lowest BCUT2D eigenvalue weighted by molar-refractivity contribution is -0.119. The molecule has 6 nitrogen and oxygen atoms in total. The van der Waals surface area contributed by atoms with E-state index in [-0.39, 0.29) is 17.7 Å². The third-order valence-corrected chi connectivity index (χ3v) is 5.32. The van der Waals surface area contributed by atoms with Crippen molar-refractivity contribution in [2.75, 3.05) is 11.1 Å². The molecule has 0 aliphatic carbocycles. The van der Waals surface area contributed by atoms with Gasteiger partial charge in [0, 0.05) is 5.69 Å². The molecule has 8 heteroatoms. The molecule has 0 aliphatic rings. The summed E-state index contributed by atoms with van der Waals surface area (Å²) < 4.78 is 6.02. The fourth-order valence-corrected chi connectivity index (χ4v) is 3.77. The molecule has 0 unspecified atom stereocenters. The van der Waals surface area contributed by atoms with Gasteiger partial charge in [0.1, 0.15) is 5.76 Å². The highest BCUT2D eigenvalue weighted by atomic mass is 32.2. The zero-order chi connectivity index (χ0) is 17.6. The Morgan fingerprint density at radius 2 is 2.20 bits per heavy atom. The van der Waals surface area contributed by atoms with E-state index in [0.717, 1.165) is 15.8 Å². The molecule has 25 heavy (non-hydrogen) atoms. The normalized spacial score (nSPS) is 11.9. The van der Waals surface area contributed by atoms with Crippen LogP contribution in [0.5, 0.6) is 0 Å². The Kier molecular flexibility index (Phi) is 5.72. The molecular formula is C17H18N4O2S2. The van der Waals surface area contributed by atoms with Crippen molar-refractivity contribution in [3.8, 4) is 0 Å². The predicted molar refractivity (Wildman–Crippen MR) is 100 cm³/mol. The van der Waals surface area contributed by atoms with Crippen molar-refractivity contribution in [3.63, 3.8) is 0 Å². The molecule has 0 saturated carbocycles. The van der Waals surface area contributed by atoms with E-state index in [9.17, 15) is 4.79 Å².